The number of hydrogen-bond donors (Lipinski definition) is 1. The second-order valence-corrected chi connectivity index (χ2v) is 8.63. The quantitative estimate of drug-likeness (QED) is 0.731. The highest BCUT2D eigenvalue weighted by Gasteiger charge is 2.30. The first-order chi connectivity index (χ1) is 13.2. The monoisotopic (exact) mass is 404 g/mol. The third-order valence-corrected chi connectivity index (χ3v) is 5.89. The van der Waals surface area contributed by atoms with Gasteiger partial charge in [-0.15, -0.1) is 0 Å². The number of benzene rings is 2. The van der Waals surface area contributed by atoms with E-state index in [1.165, 1.54) is 0 Å². The Morgan fingerprint density at radius 3 is 2.32 bits per heavy atom. The predicted molar refractivity (Wildman–Crippen MR) is 112 cm³/mol. The molecule has 0 unspecified atom stereocenters. The SMILES string of the molecule is CC[C@H](NC(=O)[C@@H](C)N(c1ccccc1)S(C)(=O)=O)c1ccc(OC)c(C)c1. The van der Waals surface area contributed by atoms with Crippen molar-refractivity contribution in [3.8, 4) is 5.75 Å². The van der Waals surface area contributed by atoms with Crippen LogP contribution >= 0.6 is 0 Å². The summed E-state index contributed by atoms with van der Waals surface area (Å²) in [5.74, 6) is 0.431. The standard InChI is InChI=1S/C21H28N2O4S/c1-6-19(17-12-13-20(27-4)15(2)14-17)22-21(24)16(3)23(28(5,25)26)18-10-8-7-9-11-18/h7-14,16,19H,6H2,1-5H3,(H,22,24)/t16-,19+/m1/s1. The molecule has 0 saturated carbocycles. The molecule has 0 saturated heterocycles. The van der Waals surface area contributed by atoms with Gasteiger partial charge in [0.05, 0.1) is 25.1 Å². The van der Waals surface area contributed by atoms with Crippen LogP contribution in [-0.2, 0) is 14.8 Å². The molecular formula is C21H28N2O4S. The maximum atomic E-state index is 12.9. The molecule has 0 aliphatic rings. The molecule has 7 heteroatoms. The van der Waals surface area contributed by atoms with Crippen molar-refractivity contribution in [2.45, 2.75) is 39.3 Å². The second-order valence-electron chi connectivity index (χ2n) is 6.77. The number of nitrogens with zero attached hydrogens (tertiary/aromatic N) is 1. The van der Waals surface area contributed by atoms with E-state index in [1.54, 1.807) is 44.4 Å². The van der Waals surface area contributed by atoms with Gasteiger partial charge < -0.3 is 10.1 Å². The van der Waals surface area contributed by atoms with Crippen LogP contribution < -0.4 is 14.4 Å². The molecule has 2 atom stereocenters. The minimum Gasteiger partial charge on any atom is -0.496 e. The van der Waals surface area contributed by atoms with Gasteiger partial charge in [0.1, 0.15) is 11.8 Å². The lowest BCUT2D eigenvalue weighted by Crippen LogP contribution is -2.48. The third-order valence-electron chi connectivity index (χ3n) is 4.65. The Morgan fingerprint density at radius 1 is 1.18 bits per heavy atom. The fourth-order valence-electron chi connectivity index (χ4n) is 3.22. The van der Waals surface area contributed by atoms with E-state index < -0.39 is 16.1 Å². The Bertz CT molecular complexity index is 913. The van der Waals surface area contributed by atoms with Gasteiger partial charge in [0, 0.05) is 0 Å². The molecule has 0 heterocycles. The average molecular weight is 405 g/mol. The van der Waals surface area contributed by atoms with Gasteiger partial charge >= 0.3 is 0 Å². The summed E-state index contributed by atoms with van der Waals surface area (Å²) in [5, 5.41) is 2.98. The Labute approximate surface area is 167 Å². The van der Waals surface area contributed by atoms with Crippen molar-refractivity contribution in [1.29, 1.82) is 0 Å². The molecule has 1 amide bonds. The van der Waals surface area contributed by atoms with E-state index >= 15 is 0 Å². The highest BCUT2D eigenvalue weighted by Crippen LogP contribution is 2.25. The van der Waals surface area contributed by atoms with E-state index in [9.17, 15) is 13.2 Å². The lowest BCUT2D eigenvalue weighted by Gasteiger charge is -2.30. The highest BCUT2D eigenvalue weighted by molar-refractivity contribution is 7.92. The fraction of sp³-hybridized carbons (Fsp3) is 0.381. The number of aryl methyl sites for hydroxylation is 1. The van der Waals surface area contributed by atoms with Gasteiger partial charge in [0.2, 0.25) is 15.9 Å². The molecule has 0 bridgehead atoms. The number of hydrogen-bond acceptors (Lipinski definition) is 4. The number of nitrogens with one attached hydrogen (secondary N) is 1. The number of sulfonamides is 1. The van der Waals surface area contributed by atoms with Crippen LogP contribution in [0.1, 0.15) is 37.4 Å². The number of methoxy groups -OCH3 is 1. The molecule has 0 fully saturated rings. The van der Waals surface area contributed by atoms with Gasteiger partial charge in [-0.2, -0.15) is 0 Å². The number of ether oxygens (including phenoxy) is 1. The molecule has 2 aromatic carbocycles. The highest BCUT2D eigenvalue weighted by atomic mass is 32.2. The van der Waals surface area contributed by atoms with Crippen molar-refractivity contribution in [1.82, 2.24) is 5.32 Å². The van der Waals surface area contributed by atoms with Gasteiger partial charge in [-0.3, -0.25) is 9.10 Å². The fourth-order valence-corrected chi connectivity index (χ4v) is 4.39. The Hall–Kier alpha value is -2.54. The Kier molecular flexibility index (Phi) is 7.07. The maximum Gasteiger partial charge on any atom is 0.244 e. The average Bonchev–Trinajstić information content (AvgIpc) is 2.65. The van der Waals surface area contributed by atoms with Crippen LogP contribution in [-0.4, -0.2) is 33.7 Å². The van der Waals surface area contributed by atoms with Crippen molar-refractivity contribution in [3.63, 3.8) is 0 Å². The van der Waals surface area contributed by atoms with E-state index in [0.717, 1.165) is 27.4 Å². The topological polar surface area (TPSA) is 75.7 Å². The molecule has 0 spiro atoms. The van der Waals surface area contributed by atoms with Gasteiger partial charge in [-0.05, 0) is 49.6 Å². The number of carbonyl (C=O) groups excluding carboxylic acids is 1. The summed E-state index contributed by atoms with van der Waals surface area (Å²) >= 11 is 0. The number of amides is 1. The zero-order valence-corrected chi connectivity index (χ0v) is 17.8. The van der Waals surface area contributed by atoms with Crippen molar-refractivity contribution < 1.29 is 17.9 Å². The van der Waals surface area contributed by atoms with Crippen LogP contribution in [0.15, 0.2) is 48.5 Å². The number of carbonyl (C=O) groups is 1. The summed E-state index contributed by atoms with van der Waals surface area (Å²) < 4.78 is 31.1. The molecule has 152 valence electrons. The number of rotatable bonds is 8. The smallest absolute Gasteiger partial charge is 0.244 e. The Morgan fingerprint density at radius 2 is 1.82 bits per heavy atom. The van der Waals surface area contributed by atoms with Crippen LogP contribution in [0.5, 0.6) is 5.75 Å². The number of para-hydroxylation sites is 1. The van der Waals surface area contributed by atoms with Crippen molar-refractivity contribution in [2.24, 2.45) is 0 Å². The molecule has 2 rings (SSSR count). The summed E-state index contributed by atoms with van der Waals surface area (Å²) in [7, 11) is -2.01. The summed E-state index contributed by atoms with van der Waals surface area (Å²) in [6.45, 7) is 5.51. The lowest BCUT2D eigenvalue weighted by atomic mass is 10.0. The minimum absolute atomic E-state index is 0.225. The van der Waals surface area contributed by atoms with Crippen molar-refractivity contribution >= 4 is 21.6 Å². The van der Waals surface area contributed by atoms with Crippen LogP contribution in [0, 0.1) is 6.92 Å². The summed E-state index contributed by atoms with van der Waals surface area (Å²) in [6.07, 6.45) is 1.78. The molecule has 28 heavy (non-hydrogen) atoms. The predicted octanol–water partition coefficient (Wildman–Crippen LogP) is 3.43. The first-order valence-electron chi connectivity index (χ1n) is 9.18. The van der Waals surface area contributed by atoms with Crippen LogP contribution in [0.3, 0.4) is 0 Å². The molecule has 1 N–H and O–H groups in total. The maximum absolute atomic E-state index is 12.9. The molecule has 0 aliphatic carbocycles. The zero-order chi connectivity index (χ0) is 20.9. The van der Waals surface area contributed by atoms with E-state index in [-0.39, 0.29) is 11.9 Å². The van der Waals surface area contributed by atoms with E-state index in [2.05, 4.69) is 5.32 Å². The van der Waals surface area contributed by atoms with E-state index in [1.807, 2.05) is 32.0 Å². The van der Waals surface area contributed by atoms with Crippen LogP contribution in [0.25, 0.3) is 0 Å². The Balaban J connectivity index is 2.26. The second kappa shape index (κ2) is 9.10. The van der Waals surface area contributed by atoms with Crippen molar-refractivity contribution in [3.05, 3.63) is 59.7 Å². The molecule has 0 aromatic heterocycles. The summed E-state index contributed by atoms with van der Waals surface area (Å²) in [4.78, 5) is 12.9. The third kappa shape index (κ3) is 5.04. The first kappa shape index (κ1) is 21.8. The molecule has 6 nitrogen and oxygen atoms in total. The normalized spacial score (nSPS) is 13.5. The first-order valence-corrected chi connectivity index (χ1v) is 11.0. The van der Waals surface area contributed by atoms with Gasteiger partial charge in [-0.25, -0.2) is 8.42 Å². The van der Waals surface area contributed by atoms with Crippen molar-refractivity contribution in [2.75, 3.05) is 17.7 Å². The van der Waals surface area contributed by atoms with Crippen LogP contribution in [0.4, 0.5) is 5.69 Å². The van der Waals surface area contributed by atoms with E-state index in [4.69, 9.17) is 4.74 Å². The molecular weight excluding hydrogens is 376 g/mol. The minimum atomic E-state index is -3.63. The summed E-state index contributed by atoms with van der Waals surface area (Å²) in [5.41, 5.74) is 2.38. The van der Waals surface area contributed by atoms with Gasteiger partial charge in [0.15, 0.2) is 0 Å². The van der Waals surface area contributed by atoms with E-state index in [0.29, 0.717) is 12.1 Å². The number of anilines is 1. The zero-order valence-electron chi connectivity index (χ0n) is 17.0. The summed E-state index contributed by atoms with van der Waals surface area (Å²) in [6, 6.07) is 13.3. The molecule has 0 aliphatic heterocycles. The lowest BCUT2D eigenvalue weighted by molar-refractivity contribution is -0.122. The van der Waals surface area contributed by atoms with Crippen LogP contribution in [0.2, 0.25) is 0 Å². The van der Waals surface area contributed by atoms with Gasteiger partial charge in [-0.1, -0.05) is 37.3 Å². The molecule has 0 radical (unpaired) electrons. The van der Waals surface area contributed by atoms with Gasteiger partial charge in [0.25, 0.3) is 0 Å². The largest absolute Gasteiger partial charge is 0.496 e. The molecule has 2 aromatic rings.